The number of likely N-dealkylation sites (tertiary alicyclic amines) is 1. The second-order valence-electron chi connectivity index (χ2n) is 6.10. The lowest BCUT2D eigenvalue weighted by Crippen LogP contribution is -2.34. The summed E-state index contributed by atoms with van der Waals surface area (Å²) in [6.07, 6.45) is 0.452. The van der Waals surface area contributed by atoms with Crippen molar-refractivity contribution >= 4 is 29.1 Å². The number of carbonyl (C=O) groups excluding carboxylic acids is 2. The summed E-state index contributed by atoms with van der Waals surface area (Å²) in [5, 5.41) is 3.40. The Labute approximate surface area is 146 Å². The van der Waals surface area contributed by atoms with Crippen LogP contribution >= 0.6 is 11.6 Å². The van der Waals surface area contributed by atoms with Gasteiger partial charge in [-0.15, -0.1) is 0 Å². The molecule has 4 nitrogen and oxygen atoms in total. The third kappa shape index (κ3) is 3.77. The van der Waals surface area contributed by atoms with Crippen molar-refractivity contribution in [3.63, 3.8) is 0 Å². The van der Waals surface area contributed by atoms with E-state index in [2.05, 4.69) is 5.32 Å². The monoisotopic (exact) mass is 342 g/mol. The highest BCUT2D eigenvalue weighted by molar-refractivity contribution is 6.31. The Bertz CT molecular complexity index is 761. The standard InChI is InChI=1S/C19H19ClN2O2/c1-13-7-8-16(10-17(13)20)21-18(23)12-22-11-15(9-19(22)24)14-5-3-2-4-6-14/h2-8,10,15H,9,11-12H2,1H3,(H,21,23)/t15-/m1/s1. The number of hydrogen-bond donors (Lipinski definition) is 1. The predicted molar refractivity (Wildman–Crippen MR) is 95.2 cm³/mol. The zero-order chi connectivity index (χ0) is 17.1. The van der Waals surface area contributed by atoms with Crippen molar-refractivity contribution in [2.75, 3.05) is 18.4 Å². The molecule has 0 aliphatic carbocycles. The van der Waals surface area contributed by atoms with Crippen molar-refractivity contribution in [1.29, 1.82) is 0 Å². The van der Waals surface area contributed by atoms with Gasteiger partial charge < -0.3 is 10.2 Å². The van der Waals surface area contributed by atoms with Crippen molar-refractivity contribution in [1.82, 2.24) is 4.90 Å². The molecule has 2 aromatic carbocycles. The quantitative estimate of drug-likeness (QED) is 0.922. The number of aryl methyl sites for hydroxylation is 1. The molecule has 0 bridgehead atoms. The lowest BCUT2D eigenvalue weighted by molar-refractivity contribution is -0.131. The Hall–Kier alpha value is -2.33. The van der Waals surface area contributed by atoms with Crippen LogP contribution in [-0.2, 0) is 9.59 Å². The molecule has 24 heavy (non-hydrogen) atoms. The fourth-order valence-electron chi connectivity index (χ4n) is 2.92. The fourth-order valence-corrected chi connectivity index (χ4v) is 3.10. The molecule has 124 valence electrons. The summed E-state index contributed by atoms with van der Waals surface area (Å²) in [7, 11) is 0. The van der Waals surface area contributed by atoms with Crippen LogP contribution in [0.15, 0.2) is 48.5 Å². The molecule has 0 aromatic heterocycles. The van der Waals surface area contributed by atoms with Crippen LogP contribution in [0, 0.1) is 6.92 Å². The maximum absolute atomic E-state index is 12.2. The number of hydrogen-bond acceptors (Lipinski definition) is 2. The van der Waals surface area contributed by atoms with Crippen LogP contribution < -0.4 is 5.32 Å². The van der Waals surface area contributed by atoms with Crippen LogP contribution in [0.1, 0.15) is 23.5 Å². The third-order valence-corrected chi connectivity index (χ3v) is 4.68. The average Bonchev–Trinajstić information content (AvgIpc) is 2.93. The van der Waals surface area contributed by atoms with E-state index in [1.165, 1.54) is 0 Å². The maximum Gasteiger partial charge on any atom is 0.243 e. The zero-order valence-corrected chi connectivity index (χ0v) is 14.2. The van der Waals surface area contributed by atoms with E-state index >= 15 is 0 Å². The van der Waals surface area contributed by atoms with Gasteiger partial charge in [-0.3, -0.25) is 9.59 Å². The number of amides is 2. The Morgan fingerprint density at radius 3 is 2.71 bits per heavy atom. The summed E-state index contributed by atoms with van der Waals surface area (Å²) in [6.45, 7) is 2.54. The van der Waals surface area contributed by atoms with Gasteiger partial charge in [-0.05, 0) is 30.2 Å². The molecule has 0 spiro atoms. The third-order valence-electron chi connectivity index (χ3n) is 4.28. The van der Waals surface area contributed by atoms with E-state index in [1.807, 2.05) is 43.3 Å². The molecule has 1 saturated heterocycles. The van der Waals surface area contributed by atoms with E-state index in [0.717, 1.165) is 11.1 Å². The Kier molecular flexibility index (Phi) is 4.86. The number of nitrogens with zero attached hydrogens (tertiary/aromatic N) is 1. The van der Waals surface area contributed by atoms with Crippen molar-refractivity contribution in [3.05, 3.63) is 64.7 Å². The molecule has 3 rings (SSSR count). The molecule has 2 aromatic rings. The van der Waals surface area contributed by atoms with Gasteiger partial charge in [0.15, 0.2) is 0 Å². The van der Waals surface area contributed by atoms with Gasteiger partial charge in [0.2, 0.25) is 11.8 Å². The van der Waals surface area contributed by atoms with Crippen LogP contribution in [0.3, 0.4) is 0 Å². The van der Waals surface area contributed by atoms with Crippen molar-refractivity contribution in [3.8, 4) is 0 Å². The maximum atomic E-state index is 12.2. The molecule has 0 saturated carbocycles. The highest BCUT2D eigenvalue weighted by atomic mass is 35.5. The molecule has 5 heteroatoms. The molecule has 0 unspecified atom stereocenters. The van der Waals surface area contributed by atoms with Crippen molar-refractivity contribution in [2.45, 2.75) is 19.3 Å². The summed E-state index contributed by atoms with van der Waals surface area (Å²) in [5.74, 6) is -0.0433. The topological polar surface area (TPSA) is 49.4 Å². The molecule has 1 aliphatic heterocycles. The van der Waals surface area contributed by atoms with Gasteiger partial charge in [0.1, 0.15) is 0 Å². The number of benzene rings is 2. The van der Waals surface area contributed by atoms with Crippen LogP contribution in [0.25, 0.3) is 0 Å². The summed E-state index contributed by atoms with van der Waals surface area (Å²) in [5.41, 5.74) is 2.73. The molecular formula is C19H19ClN2O2. The Morgan fingerprint density at radius 1 is 1.25 bits per heavy atom. The number of anilines is 1. The molecule has 1 N–H and O–H groups in total. The first-order valence-corrected chi connectivity index (χ1v) is 8.29. The van der Waals surface area contributed by atoms with E-state index in [9.17, 15) is 9.59 Å². The number of rotatable bonds is 4. The minimum atomic E-state index is -0.211. The van der Waals surface area contributed by atoms with Crippen LogP contribution in [-0.4, -0.2) is 29.8 Å². The second kappa shape index (κ2) is 7.05. The van der Waals surface area contributed by atoms with E-state index in [-0.39, 0.29) is 24.3 Å². The van der Waals surface area contributed by atoms with Gasteiger partial charge in [-0.1, -0.05) is 48.0 Å². The van der Waals surface area contributed by atoms with Crippen LogP contribution in [0.2, 0.25) is 5.02 Å². The normalized spacial score (nSPS) is 17.2. The van der Waals surface area contributed by atoms with Gasteiger partial charge in [0, 0.05) is 29.6 Å². The number of nitrogens with one attached hydrogen (secondary N) is 1. The minimum Gasteiger partial charge on any atom is -0.333 e. The molecule has 1 heterocycles. The summed E-state index contributed by atoms with van der Waals surface area (Å²) in [6, 6.07) is 15.3. The highest BCUT2D eigenvalue weighted by Crippen LogP contribution is 2.28. The van der Waals surface area contributed by atoms with Crippen molar-refractivity contribution in [2.24, 2.45) is 0 Å². The van der Waals surface area contributed by atoms with Crippen LogP contribution in [0.5, 0.6) is 0 Å². The summed E-state index contributed by atoms with van der Waals surface area (Å²) < 4.78 is 0. The SMILES string of the molecule is Cc1ccc(NC(=O)CN2C[C@H](c3ccccc3)CC2=O)cc1Cl. The van der Waals surface area contributed by atoms with Crippen molar-refractivity contribution < 1.29 is 9.59 Å². The highest BCUT2D eigenvalue weighted by Gasteiger charge is 2.31. The molecule has 1 aliphatic rings. The number of halogens is 1. The lowest BCUT2D eigenvalue weighted by Gasteiger charge is -2.16. The zero-order valence-electron chi connectivity index (χ0n) is 13.5. The molecule has 1 fully saturated rings. The average molecular weight is 343 g/mol. The molecule has 1 atom stereocenters. The van der Waals surface area contributed by atoms with E-state index in [4.69, 9.17) is 11.6 Å². The summed E-state index contributed by atoms with van der Waals surface area (Å²) >= 11 is 6.06. The predicted octanol–water partition coefficient (Wildman–Crippen LogP) is 3.60. The largest absolute Gasteiger partial charge is 0.333 e. The van der Waals surface area contributed by atoms with E-state index < -0.39 is 0 Å². The lowest BCUT2D eigenvalue weighted by atomic mass is 9.99. The first-order chi connectivity index (χ1) is 11.5. The van der Waals surface area contributed by atoms with Gasteiger partial charge >= 0.3 is 0 Å². The van der Waals surface area contributed by atoms with E-state index in [0.29, 0.717) is 23.7 Å². The molecule has 0 radical (unpaired) electrons. The Balaban J connectivity index is 1.60. The summed E-state index contributed by atoms with van der Waals surface area (Å²) in [4.78, 5) is 26.0. The molecular weight excluding hydrogens is 324 g/mol. The minimum absolute atomic E-state index is 0.0148. The first kappa shape index (κ1) is 16.5. The Morgan fingerprint density at radius 2 is 2.00 bits per heavy atom. The second-order valence-corrected chi connectivity index (χ2v) is 6.51. The smallest absolute Gasteiger partial charge is 0.243 e. The van der Waals surface area contributed by atoms with Gasteiger partial charge in [0.25, 0.3) is 0 Å². The van der Waals surface area contributed by atoms with Gasteiger partial charge in [0.05, 0.1) is 6.54 Å². The van der Waals surface area contributed by atoms with Gasteiger partial charge in [-0.25, -0.2) is 0 Å². The fraction of sp³-hybridized carbons (Fsp3) is 0.263. The van der Waals surface area contributed by atoms with E-state index in [1.54, 1.807) is 17.0 Å². The van der Waals surface area contributed by atoms with Crippen LogP contribution in [0.4, 0.5) is 5.69 Å². The molecule has 2 amide bonds. The first-order valence-electron chi connectivity index (χ1n) is 7.91. The number of carbonyl (C=O) groups is 2. The van der Waals surface area contributed by atoms with Gasteiger partial charge in [-0.2, -0.15) is 0 Å².